The lowest BCUT2D eigenvalue weighted by atomic mass is 10.1. The molecule has 1 aromatic rings. The molecule has 0 amide bonds. The maximum Gasteiger partial charge on any atom is 0.161 e. The van der Waals surface area contributed by atoms with Crippen LogP contribution in [-0.2, 0) is 0 Å². The highest BCUT2D eigenvalue weighted by Gasteiger charge is 2.04. The average Bonchev–Trinajstić information content (AvgIpc) is 2.09. The number of benzene rings is 1. The van der Waals surface area contributed by atoms with E-state index in [2.05, 4.69) is 0 Å². The van der Waals surface area contributed by atoms with E-state index in [0.29, 0.717) is 18.9 Å². The van der Waals surface area contributed by atoms with Crippen molar-refractivity contribution in [3.05, 3.63) is 23.3 Å². The van der Waals surface area contributed by atoms with Crippen LogP contribution in [0.5, 0.6) is 11.5 Å². The normalized spacial score (nSPS) is 10.1. The number of rotatable bonds is 3. The van der Waals surface area contributed by atoms with Crippen LogP contribution in [0.15, 0.2) is 12.1 Å². The molecule has 0 bridgehead atoms. The molecule has 0 aliphatic heterocycles. The van der Waals surface area contributed by atoms with Gasteiger partial charge in [0.05, 0.1) is 0 Å². The van der Waals surface area contributed by atoms with Gasteiger partial charge in [0.25, 0.3) is 0 Å². The molecule has 0 unspecified atom stereocenters. The van der Waals surface area contributed by atoms with Crippen LogP contribution >= 0.6 is 0 Å². The number of phenolic OH excluding ortho intramolecular Hbond substituents is 1. The third-order valence-corrected chi connectivity index (χ3v) is 1.95. The first-order valence-corrected chi connectivity index (χ1v) is 4.28. The van der Waals surface area contributed by atoms with Crippen LogP contribution in [0.1, 0.15) is 11.1 Å². The van der Waals surface area contributed by atoms with Crippen molar-refractivity contribution >= 4 is 0 Å². The molecule has 3 N–H and O–H groups in total. The standard InChI is InChI=1S/C10H15NO2/c1-7-5-9(12)10(6-8(7)2)13-4-3-11/h5-6,12H,3-4,11H2,1-2H3. The first kappa shape index (κ1) is 9.86. The van der Waals surface area contributed by atoms with Crippen LogP contribution in [0.3, 0.4) is 0 Å². The molecule has 0 aliphatic carbocycles. The lowest BCUT2D eigenvalue weighted by Crippen LogP contribution is -2.10. The number of hydrogen-bond acceptors (Lipinski definition) is 3. The minimum Gasteiger partial charge on any atom is -0.504 e. The van der Waals surface area contributed by atoms with Gasteiger partial charge >= 0.3 is 0 Å². The molecule has 1 rings (SSSR count). The van der Waals surface area contributed by atoms with E-state index >= 15 is 0 Å². The van der Waals surface area contributed by atoms with Gasteiger partial charge in [-0.05, 0) is 37.1 Å². The summed E-state index contributed by atoms with van der Waals surface area (Å²) >= 11 is 0. The number of hydrogen-bond donors (Lipinski definition) is 2. The number of aryl methyl sites for hydroxylation is 2. The summed E-state index contributed by atoms with van der Waals surface area (Å²) < 4.78 is 5.25. The van der Waals surface area contributed by atoms with Gasteiger partial charge in [-0.1, -0.05) is 0 Å². The predicted octanol–water partition coefficient (Wildman–Crippen LogP) is 1.35. The molecule has 0 saturated carbocycles. The highest BCUT2D eigenvalue weighted by atomic mass is 16.5. The summed E-state index contributed by atoms with van der Waals surface area (Å²) in [4.78, 5) is 0. The maximum atomic E-state index is 9.48. The van der Waals surface area contributed by atoms with Crippen LogP contribution in [0.25, 0.3) is 0 Å². The Morgan fingerprint density at radius 1 is 1.31 bits per heavy atom. The molecule has 0 radical (unpaired) electrons. The zero-order chi connectivity index (χ0) is 9.84. The molecule has 13 heavy (non-hydrogen) atoms. The summed E-state index contributed by atoms with van der Waals surface area (Å²) in [6.45, 7) is 4.80. The van der Waals surface area contributed by atoms with Crippen LogP contribution in [0.4, 0.5) is 0 Å². The summed E-state index contributed by atoms with van der Waals surface area (Å²) in [5.74, 6) is 0.685. The monoisotopic (exact) mass is 181 g/mol. The Labute approximate surface area is 78.1 Å². The van der Waals surface area contributed by atoms with Gasteiger partial charge in [0.1, 0.15) is 6.61 Å². The Bertz CT molecular complexity index is 297. The Morgan fingerprint density at radius 3 is 2.54 bits per heavy atom. The van der Waals surface area contributed by atoms with Gasteiger partial charge < -0.3 is 15.6 Å². The van der Waals surface area contributed by atoms with Crippen molar-refractivity contribution < 1.29 is 9.84 Å². The molecular weight excluding hydrogens is 166 g/mol. The van der Waals surface area contributed by atoms with E-state index in [4.69, 9.17) is 10.5 Å². The van der Waals surface area contributed by atoms with Gasteiger partial charge in [-0.25, -0.2) is 0 Å². The third kappa shape index (κ3) is 2.36. The van der Waals surface area contributed by atoms with Crippen LogP contribution < -0.4 is 10.5 Å². The van der Waals surface area contributed by atoms with Crippen molar-refractivity contribution in [1.82, 2.24) is 0 Å². The molecule has 3 nitrogen and oxygen atoms in total. The van der Waals surface area contributed by atoms with E-state index < -0.39 is 0 Å². The molecule has 3 heteroatoms. The smallest absolute Gasteiger partial charge is 0.161 e. The highest BCUT2D eigenvalue weighted by Crippen LogP contribution is 2.28. The molecule has 0 fully saturated rings. The molecule has 0 heterocycles. The summed E-state index contributed by atoms with van der Waals surface area (Å²) in [5.41, 5.74) is 7.44. The fraction of sp³-hybridized carbons (Fsp3) is 0.400. The molecule has 72 valence electrons. The van der Waals surface area contributed by atoms with Crippen molar-refractivity contribution in [3.8, 4) is 11.5 Å². The number of aromatic hydroxyl groups is 1. The summed E-state index contributed by atoms with van der Waals surface area (Å²) in [5, 5.41) is 9.48. The van der Waals surface area contributed by atoms with Gasteiger partial charge in [-0.15, -0.1) is 0 Å². The second-order valence-corrected chi connectivity index (χ2v) is 3.04. The first-order chi connectivity index (χ1) is 6.15. The summed E-state index contributed by atoms with van der Waals surface area (Å²) in [7, 11) is 0. The Morgan fingerprint density at radius 2 is 1.92 bits per heavy atom. The molecule has 0 saturated heterocycles. The van der Waals surface area contributed by atoms with Crippen molar-refractivity contribution in [2.24, 2.45) is 5.73 Å². The fourth-order valence-electron chi connectivity index (χ4n) is 1.06. The van der Waals surface area contributed by atoms with Gasteiger partial charge in [-0.3, -0.25) is 0 Å². The quantitative estimate of drug-likeness (QED) is 0.740. The van der Waals surface area contributed by atoms with E-state index in [1.165, 1.54) is 0 Å². The van der Waals surface area contributed by atoms with E-state index in [-0.39, 0.29) is 5.75 Å². The van der Waals surface area contributed by atoms with Gasteiger partial charge in [0.15, 0.2) is 11.5 Å². The first-order valence-electron chi connectivity index (χ1n) is 4.28. The minimum atomic E-state index is 0.177. The largest absolute Gasteiger partial charge is 0.504 e. The Balaban J connectivity index is 2.88. The summed E-state index contributed by atoms with van der Waals surface area (Å²) in [6, 6.07) is 3.52. The minimum absolute atomic E-state index is 0.177. The van der Waals surface area contributed by atoms with Crippen LogP contribution in [0.2, 0.25) is 0 Å². The lowest BCUT2D eigenvalue weighted by Gasteiger charge is -2.09. The predicted molar refractivity (Wildman–Crippen MR) is 52.1 cm³/mol. The van der Waals surface area contributed by atoms with Gasteiger partial charge in [0.2, 0.25) is 0 Å². The molecule has 0 aliphatic rings. The second kappa shape index (κ2) is 4.14. The highest BCUT2D eigenvalue weighted by molar-refractivity contribution is 5.45. The van der Waals surface area contributed by atoms with E-state index in [1.807, 2.05) is 19.9 Å². The van der Waals surface area contributed by atoms with Crippen LogP contribution in [-0.4, -0.2) is 18.3 Å². The molecule has 0 spiro atoms. The third-order valence-electron chi connectivity index (χ3n) is 1.95. The van der Waals surface area contributed by atoms with E-state index in [1.54, 1.807) is 6.07 Å². The molecule has 0 atom stereocenters. The summed E-state index contributed by atoms with van der Waals surface area (Å²) in [6.07, 6.45) is 0. The topological polar surface area (TPSA) is 55.5 Å². The van der Waals surface area contributed by atoms with Gasteiger partial charge in [-0.2, -0.15) is 0 Å². The van der Waals surface area contributed by atoms with Crippen molar-refractivity contribution in [2.75, 3.05) is 13.2 Å². The number of phenols is 1. The van der Waals surface area contributed by atoms with Crippen molar-refractivity contribution in [3.63, 3.8) is 0 Å². The molecular formula is C10H15NO2. The SMILES string of the molecule is Cc1cc(O)c(OCCN)cc1C. The Hall–Kier alpha value is -1.22. The average molecular weight is 181 g/mol. The van der Waals surface area contributed by atoms with E-state index in [9.17, 15) is 5.11 Å². The van der Waals surface area contributed by atoms with Crippen molar-refractivity contribution in [1.29, 1.82) is 0 Å². The molecule has 0 aromatic heterocycles. The lowest BCUT2D eigenvalue weighted by molar-refractivity contribution is 0.308. The fourth-order valence-corrected chi connectivity index (χ4v) is 1.06. The van der Waals surface area contributed by atoms with Crippen molar-refractivity contribution in [2.45, 2.75) is 13.8 Å². The zero-order valence-corrected chi connectivity index (χ0v) is 8.00. The molecule has 1 aromatic carbocycles. The van der Waals surface area contributed by atoms with Gasteiger partial charge in [0, 0.05) is 6.54 Å². The van der Waals surface area contributed by atoms with Crippen LogP contribution in [0, 0.1) is 13.8 Å². The zero-order valence-electron chi connectivity index (χ0n) is 8.00. The van der Waals surface area contributed by atoms with E-state index in [0.717, 1.165) is 11.1 Å². The number of ether oxygens (including phenoxy) is 1. The Kier molecular flexibility index (Phi) is 3.14. The second-order valence-electron chi connectivity index (χ2n) is 3.04. The number of nitrogens with two attached hydrogens (primary N) is 1. The maximum absolute atomic E-state index is 9.48.